The molecule has 0 saturated carbocycles. The Kier molecular flexibility index (Phi) is 4.46. The molecule has 1 atom stereocenters. The molecule has 4 nitrogen and oxygen atoms in total. The second-order valence-corrected chi connectivity index (χ2v) is 6.09. The summed E-state index contributed by atoms with van der Waals surface area (Å²) >= 11 is 0. The summed E-state index contributed by atoms with van der Waals surface area (Å²) in [7, 11) is 0. The zero-order chi connectivity index (χ0) is 16.3. The molecular formula is C19H22N2O2. The molecule has 1 aliphatic heterocycles. The first-order valence-electron chi connectivity index (χ1n) is 7.98. The minimum Gasteiger partial charge on any atom is -0.379 e. The van der Waals surface area contributed by atoms with Gasteiger partial charge < -0.3 is 10.8 Å². The van der Waals surface area contributed by atoms with Gasteiger partial charge in [0, 0.05) is 6.04 Å². The Labute approximate surface area is 136 Å². The summed E-state index contributed by atoms with van der Waals surface area (Å²) in [6.07, 6.45) is 1.77. The molecule has 0 aromatic heterocycles. The molecular weight excluding hydrogens is 288 g/mol. The summed E-state index contributed by atoms with van der Waals surface area (Å²) in [5.74, 6) is -0.361. The van der Waals surface area contributed by atoms with Crippen molar-refractivity contribution in [3.63, 3.8) is 0 Å². The summed E-state index contributed by atoms with van der Waals surface area (Å²) < 4.78 is 0. The molecule has 4 heteroatoms. The number of likely N-dealkylation sites (tertiary alicyclic amines) is 1. The molecule has 0 unspecified atom stereocenters. The first kappa shape index (κ1) is 15.7. The Morgan fingerprint density at radius 1 is 1.09 bits per heavy atom. The van der Waals surface area contributed by atoms with Crippen molar-refractivity contribution in [3.05, 3.63) is 71.8 Å². The highest BCUT2D eigenvalue weighted by Gasteiger charge is 2.45. The van der Waals surface area contributed by atoms with Crippen LogP contribution < -0.4 is 5.73 Å². The van der Waals surface area contributed by atoms with Gasteiger partial charge in [0.2, 0.25) is 5.91 Å². The number of benzene rings is 2. The molecule has 2 aromatic carbocycles. The van der Waals surface area contributed by atoms with E-state index in [4.69, 9.17) is 5.73 Å². The van der Waals surface area contributed by atoms with E-state index in [2.05, 4.69) is 0 Å². The van der Waals surface area contributed by atoms with Crippen molar-refractivity contribution in [2.75, 3.05) is 13.1 Å². The Morgan fingerprint density at radius 3 is 2.09 bits per heavy atom. The number of rotatable bonds is 5. The van der Waals surface area contributed by atoms with Crippen molar-refractivity contribution in [1.82, 2.24) is 4.90 Å². The Balaban J connectivity index is 2.07. The van der Waals surface area contributed by atoms with Crippen molar-refractivity contribution in [2.24, 2.45) is 5.73 Å². The number of carbonyl (C=O) groups is 1. The summed E-state index contributed by atoms with van der Waals surface area (Å²) in [5.41, 5.74) is 5.92. The van der Waals surface area contributed by atoms with Crippen LogP contribution in [0.4, 0.5) is 0 Å². The first-order chi connectivity index (χ1) is 11.1. The van der Waals surface area contributed by atoms with E-state index in [1.807, 2.05) is 65.6 Å². The predicted octanol–water partition coefficient (Wildman–Crippen LogP) is 1.87. The number of hydrogen-bond acceptors (Lipinski definition) is 3. The lowest BCUT2D eigenvalue weighted by atomic mass is 9.79. The number of primary amides is 1. The first-order valence-corrected chi connectivity index (χ1v) is 7.98. The number of hydrogen-bond donors (Lipinski definition) is 2. The maximum atomic E-state index is 11.7. The third-order valence-corrected chi connectivity index (χ3v) is 4.63. The predicted molar refractivity (Wildman–Crippen MR) is 89.7 cm³/mol. The van der Waals surface area contributed by atoms with Crippen LogP contribution in [-0.4, -0.2) is 35.0 Å². The van der Waals surface area contributed by atoms with Crippen LogP contribution in [0.3, 0.4) is 0 Å². The van der Waals surface area contributed by atoms with Crippen LogP contribution in [0.15, 0.2) is 60.7 Å². The average Bonchev–Trinajstić information content (AvgIpc) is 3.03. The molecule has 120 valence electrons. The maximum absolute atomic E-state index is 11.7. The SMILES string of the molecule is NC(=O)CN1CCC[C@@H]1C(O)(c1ccccc1)c1ccccc1. The molecule has 2 aromatic rings. The van der Waals surface area contributed by atoms with Crippen LogP contribution in [0.1, 0.15) is 24.0 Å². The van der Waals surface area contributed by atoms with Gasteiger partial charge in [-0.3, -0.25) is 9.69 Å². The van der Waals surface area contributed by atoms with Crippen molar-refractivity contribution in [3.8, 4) is 0 Å². The van der Waals surface area contributed by atoms with Crippen LogP contribution in [0, 0.1) is 0 Å². The van der Waals surface area contributed by atoms with Crippen LogP contribution in [-0.2, 0) is 10.4 Å². The minimum atomic E-state index is -1.16. The lowest BCUT2D eigenvalue weighted by Crippen LogP contribution is -2.50. The summed E-state index contributed by atoms with van der Waals surface area (Å²) in [6.45, 7) is 0.947. The second kappa shape index (κ2) is 6.52. The lowest BCUT2D eigenvalue weighted by Gasteiger charge is -2.39. The van der Waals surface area contributed by atoms with Gasteiger partial charge in [-0.2, -0.15) is 0 Å². The molecule has 1 heterocycles. The zero-order valence-corrected chi connectivity index (χ0v) is 13.1. The number of carbonyl (C=O) groups excluding carboxylic acids is 1. The summed E-state index contributed by atoms with van der Waals surface area (Å²) in [4.78, 5) is 13.4. The van der Waals surface area contributed by atoms with Gasteiger partial charge in [0.25, 0.3) is 0 Å². The highest BCUT2D eigenvalue weighted by atomic mass is 16.3. The Bertz CT molecular complexity index is 618. The van der Waals surface area contributed by atoms with Gasteiger partial charge in [0.05, 0.1) is 6.54 Å². The molecule has 3 N–H and O–H groups in total. The highest BCUT2D eigenvalue weighted by molar-refractivity contribution is 5.76. The van der Waals surface area contributed by atoms with Crippen molar-refractivity contribution < 1.29 is 9.90 Å². The quantitative estimate of drug-likeness (QED) is 0.886. The second-order valence-electron chi connectivity index (χ2n) is 6.09. The Morgan fingerprint density at radius 2 is 1.61 bits per heavy atom. The van der Waals surface area contributed by atoms with Gasteiger partial charge in [-0.1, -0.05) is 60.7 Å². The third-order valence-electron chi connectivity index (χ3n) is 4.63. The monoisotopic (exact) mass is 310 g/mol. The summed E-state index contributed by atoms with van der Waals surface area (Å²) in [5, 5.41) is 11.7. The number of amides is 1. The van der Waals surface area contributed by atoms with E-state index in [1.54, 1.807) is 0 Å². The molecule has 1 saturated heterocycles. The van der Waals surface area contributed by atoms with Crippen molar-refractivity contribution in [1.29, 1.82) is 0 Å². The fraction of sp³-hybridized carbons (Fsp3) is 0.316. The maximum Gasteiger partial charge on any atom is 0.231 e. The van der Waals surface area contributed by atoms with Crippen molar-refractivity contribution >= 4 is 5.91 Å². The smallest absolute Gasteiger partial charge is 0.231 e. The molecule has 23 heavy (non-hydrogen) atoms. The standard InChI is InChI=1S/C19H22N2O2/c20-18(22)14-21-13-7-12-17(21)19(23,15-8-3-1-4-9-15)16-10-5-2-6-11-16/h1-6,8-11,17,23H,7,12-14H2,(H2,20,22)/t17-/m1/s1. The molecule has 0 bridgehead atoms. The van der Waals surface area contributed by atoms with E-state index in [0.29, 0.717) is 0 Å². The van der Waals surface area contributed by atoms with E-state index < -0.39 is 5.60 Å². The molecule has 1 aliphatic rings. The van der Waals surface area contributed by atoms with Gasteiger partial charge in [-0.15, -0.1) is 0 Å². The number of nitrogens with zero attached hydrogens (tertiary/aromatic N) is 1. The fourth-order valence-electron chi connectivity index (χ4n) is 3.62. The van der Waals surface area contributed by atoms with Gasteiger partial charge >= 0.3 is 0 Å². The van der Waals surface area contributed by atoms with Crippen molar-refractivity contribution in [2.45, 2.75) is 24.5 Å². The number of nitrogens with two attached hydrogens (primary N) is 1. The van der Waals surface area contributed by atoms with E-state index >= 15 is 0 Å². The van der Waals surface area contributed by atoms with Gasteiger partial charge in [0.15, 0.2) is 0 Å². The molecule has 3 rings (SSSR count). The molecule has 0 spiro atoms. The third kappa shape index (κ3) is 3.00. The minimum absolute atomic E-state index is 0.167. The van der Waals surface area contributed by atoms with E-state index in [9.17, 15) is 9.90 Å². The van der Waals surface area contributed by atoms with Gasteiger partial charge in [0.1, 0.15) is 5.60 Å². The van der Waals surface area contributed by atoms with E-state index in [0.717, 1.165) is 30.5 Å². The van der Waals surface area contributed by atoms with Crippen LogP contribution >= 0.6 is 0 Å². The molecule has 0 radical (unpaired) electrons. The molecule has 1 amide bonds. The largest absolute Gasteiger partial charge is 0.379 e. The van der Waals surface area contributed by atoms with E-state index in [-0.39, 0.29) is 18.5 Å². The van der Waals surface area contributed by atoms with Crippen LogP contribution in [0.5, 0.6) is 0 Å². The molecule has 0 aliphatic carbocycles. The summed E-state index contributed by atoms with van der Waals surface area (Å²) in [6, 6.07) is 19.2. The lowest BCUT2D eigenvalue weighted by molar-refractivity contribution is -0.120. The zero-order valence-electron chi connectivity index (χ0n) is 13.1. The number of aliphatic hydroxyl groups is 1. The topological polar surface area (TPSA) is 66.6 Å². The Hall–Kier alpha value is -2.17. The highest BCUT2D eigenvalue weighted by Crippen LogP contribution is 2.39. The van der Waals surface area contributed by atoms with Crippen LogP contribution in [0.2, 0.25) is 0 Å². The normalized spacial score (nSPS) is 18.9. The van der Waals surface area contributed by atoms with Gasteiger partial charge in [-0.25, -0.2) is 0 Å². The fourth-order valence-corrected chi connectivity index (χ4v) is 3.62. The average molecular weight is 310 g/mol. The molecule has 1 fully saturated rings. The van der Waals surface area contributed by atoms with Crippen LogP contribution in [0.25, 0.3) is 0 Å². The van der Waals surface area contributed by atoms with E-state index in [1.165, 1.54) is 0 Å². The van der Waals surface area contributed by atoms with Gasteiger partial charge in [-0.05, 0) is 30.5 Å².